The van der Waals surface area contributed by atoms with Crippen LogP contribution in [-0.2, 0) is 4.79 Å². The molecule has 1 atom stereocenters. The van der Waals surface area contributed by atoms with Gasteiger partial charge in [0.2, 0.25) is 5.91 Å². The average molecular weight is 372 g/mol. The molecule has 7 heteroatoms. The van der Waals surface area contributed by atoms with E-state index in [0.29, 0.717) is 0 Å². The summed E-state index contributed by atoms with van der Waals surface area (Å²) in [5.41, 5.74) is 0.797. The lowest BCUT2D eigenvalue weighted by molar-refractivity contribution is -0.115. The lowest BCUT2D eigenvalue weighted by Crippen LogP contribution is -2.24. The van der Waals surface area contributed by atoms with Crippen molar-refractivity contribution >= 4 is 50.6 Å². The van der Waals surface area contributed by atoms with Crippen LogP contribution in [0.3, 0.4) is 0 Å². The highest BCUT2D eigenvalue weighted by atomic mass is 79.9. The minimum Gasteiger partial charge on any atom is -0.325 e. The van der Waals surface area contributed by atoms with Crippen molar-refractivity contribution in [2.75, 3.05) is 5.32 Å². The fourth-order valence-electron chi connectivity index (χ4n) is 1.53. The second-order valence-corrected chi connectivity index (χ2v) is 7.65. The largest absolute Gasteiger partial charge is 0.325 e. The number of amides is 1. The summed E-state index contributed by atoms with van der Waals surface area (Å²) < 4.78 is 1.82. The van der Waals surface area contributed by atoms with Gasteiger partial charge >= 0.3 is 0 Å². The third-order valence-corrected chi connectivity index (χ3v) is 5.34. The molecule has 0 saturated carbocycles. The first-order chi connectivity index (χ1) is 9.58. The van der Waals surface area contributed by atoms with Crippen molar-refractivity contribution in [1.29, 1.82) is 0 Å². The van der Waals surface area contributed by atoms with Gasteiger partial charge in [-0.05, 0) is 37.6 Å². The summed E-state index contributed by atoms with van der Waals surface area (Å²) in [6, 6.07) is 7.54. The summed E-state index contributed by atoms with van der Waals surface area (Å²) in [4.78, 5) is 12.3. The molecule has 1 unspecified atom stereocenters. The third-order valence-electron chi connectivity index (χ3n) is 2.53. The van der Waals surface area contributed by atoms with Crippen molar-refractivity contribution < 1.29 is 4.79 Å². The van der Waals surface area contributed by atoms with Gasteiger partial charge in [0.1, 0.15) is 5.01 Å². The molecular weight excluding hydrogens is 358 g/mol. The van der Waals surface area contributed by atoms with Crippen LogP contribution in [0.15, 0.2) is 33.1 Å². The molecule has 2 rings (SSSR count). The smallest absolute Gasteiger partial charge is 0.237 e. The third kappa shape index (κ3) is 4.29. The second-order valence-electron chi connectivity index (χ2n) is 4.10. The average Bonchev–Trinajstić information content (AvgIpc) is 2.84. The van der Waals surface area contributed by atoms with Gasteiger partial charge in [-0.25, -0.2) is 0 Å². The van der Waals surface area contributed by atoms with Crippen molar-refractivity contribution in [2.45, 2.75) is 29.9 Å². The topological polar surface area (TPSA) is 54.9 Å². The highest BCUT2D eigenvalue weighted by Gasteiger charge is 2.20. The highest BCUT2D eigenvalue weighted by molar-refractivity contribution is 9.10. The van der Waals surface area contributed by atoms with E-state index in [1.54, 1.807) is 0 Å². The Morgan fingerprint density at radius 1 is 1.40 bits per heavy atom. The summed E-state index contributed by atoms with van der Waals surface area (Å²) in [5.74, 6) is -0.00678. The van der Waals surface area contributed by atoms with Crippen LogP contribution in [0.4, 0.5) is 5.69 Å². The first kappa shape index (κ1) is 15.5. The molecule has 0 radical (unpaired) electrons. The molecule has 0 fully saturated rings. The molecule has 1 N–H and O–H groups in total. The maximum Gasteiger partial charge on any atom is 0.237 e. The quantitative estimate of drug-likeness (QED) is 0.803. The van der Waals surface area contributed by atoms with Gasteiger partial charge in [-0.3, -0.25) is 4.79 Å². The van der Waals surface area contributed by atoms with Crippen LogP contribution in [-0.4, -0.2) is 21.4 Å². The van der Waals surface area contributed by atoms with Gasteiger partial charge in [0, 0.05) is 10.2 Å². The van der Waals surface area contributed by atoms with E-state index in [-0.39, 0.29) is 11.2 Å². The molecule has 106 valence electrons. The zero-order chi connectivity index (χ0) is 14.5. The van der Waals surface area contributed by atoms with E-state index in [2.05, 4.69) is 31.4 Å². The predicted octanol–water partition coefficient (Wildman–Crippen LogP) is 4.12. The number of nitrogens with one attached hydrogen (secondary N) is 1. The number of carbonyl (C=O) groups excluding carboxylic acids is 1. The number of aryl methyl sites for hydroxylation is 1. The Kier molecular flexibility index (Phi) is 5.56. The van der Waals surface area contributed by atoms with E-state index < -0.39 is 0 Å². The molecule has 0 spiro atoms. The van der Waals surface area contributed by atoms with E-state index >= 15 is 0 Å². The molecule has 4 nitrogen and oxygen atoms in total. The SMILES string of the molecule is CCC(Sc1nnc(C)s1)C(=O)Nc1ccc(Br)cc1. The standard InChI is InChI=1S/C13H14BrN3OS2/c1-3-11(20-13-17-16-8(2)19-13)12(18)15-10-6-4-9(14)5-7-10/h4-7,11H,3H2,1-2H3,(H,15,18). The van der Waals surface area contributed by atoms with Gasteiger partial charge in [-0.1, -0.05) is 46.0 Å². The van der Waals surface area contributed by atoms with Gasteiger partial charge in [-0.2, -0.15) is 0 Å². The maximum absolute atomic E-state index is 12.3. The molecule has 0 aliphatic carbocycles. The van der Waals surface area contributed by atoms with Crippen molar-refractivity contribution in [3.63, 3.8) is 0 Å². The Hall–Kier alpha value is -0.920. The second kappa shape index (κ2) is 7.19. The van der Waals surface area contributed by atoms with Crippen molar-refractivity contribution in [3.8, 4) is 0 Å². The summed E-state index contributed by atoms with van der Waals surface area (Å²) in [5, 5.41) is 11.7. The van der Waals surface area contributed by atoms with Crippen LogP contribution < -0.4 is 5.32 Å². The molecule has 1 amide bonds. The summed E-state index contributed by atoms with van der Waals surface area (Å²) >= 11 is 6.35. The first-order valence-electron chi connectivity index (χ1n) is 6.11. The van der Waals surface area contributed by atoms with Gasteiger partial charge in [0.25, 0.3) is 0 Å². The zero-order valence-corrected chi connectivity index (χ0v) is 14.3. The first-order valence-corrected chi connectivity index (χ1v) is 8.60. The Labute approximate surface area is 134 Å². The number of hydrogen-bond donors (Lipinski definition) is 1. The minimum atomic E-state index is -0.161. The number of thioether (sulfide) groups is 1. The molecule has 1 heterocycles. The molecule has 20 heavy (non-hydrogen) atoms. The molecule has 0 aliphatic rings. The maximum atomic E-state index is 12.3. The van der Waals surface area contributed by atoms with E-state index in [9.17, 15) is 4.79 Å². The zero-order valence-electron chi connectivity index (χ0n) is 11.1. The minimum absolute atomic E-state index is 0.00678. The highest BCUT2D eigenvalue weighted by Crippen LogP contribution is 2.29. The molecular formula is C13H14BrN3OS2. The number of rotatable bonds is 5. The van der Waals surface area contributed by atoms with Crippen molar-refractivity contribution in [1.82, 2.24) is 10.2 Å². The summed E-state index contributed by atoms with van der Waals surface area (Å²) in [6.45, 7) is 3.90. The molecule has 0 aliphatic heterocycles. The van der Waals surface area contributed by atoms with Gasteiger partial charge < -0.3 is 5.32 Å². The van der Waals surface area contributed by atoms with Gasteiger partial charge in [0.05, 0.1) is 5.25 Å². The van der Waals surface area contributed by atoms with E-state index in [1.165, 1.54) is 23.1 Å². The summed E-state index contributed by atoms with van der Waals surface area (Å²) in [7, 11) is 0. The number of hydrogen-bond acceptors (Lipinski definition) is 5. The van der Waals surface area contributed by atoms with Crippen LogP contribution in [0.1, 0.15) is 18.4 Å². The predicted molar refractivity (Wildman–Crippen MR) is 87.4 cm³/mol. The lowest BCUT2D eigenvalue weighted by atomic mass is 10.3. The number of carbonyl (C=O) groups is 1. The van der Waals surface area contributed by atoms with E-state index in [1.807, 2.05) is 38.1 Å². The number of aromatic nitrogens is 2. The number of halogens is 1. The number of nitrogens with zero attached hydrogens (tertiary/aromatic N) is 2. The molecule has 2 aromatic rings. The molecule has 1 aromatic heterocycles. The number of anilines is 1. The Bertz CT molecular complexity index is 586. The van der Waals surface area contributed by atoms with E-state index in [4.69, 9.17) is 0 Å². The fraction of sp³-hybridized carbons (Fsp3) is 0.308. The fourth-order valence-corrected chi connectivity index (χ4v) is 3.77. The van der Waals surface area contributed by atoms with Crippen LogP contribution in [0, 0.1) is 6.92 Å². The van der Waals surface area contributed by atoms with Crippen molar-refractivity contribution in [3.05, 3.63) is 33.7 Å². The van der Waals surface area contributed by atoms with Crippen molar-refractivity contribution in [2.24, 2.45) is 0 Å². The van der Waals surface area contributed by atoms with E-state index in [0.717, 1.165) is 25.9 Å². The summed E-state index contributed by atoms with van der Waals surface area (Å²) in [6.07, 6.45) is 0.742. The Morgan fingerprint density at radius 3 is 2.65 bits per heavy atom. The van der Waals surface area contributed by atoms with Gasteiger partial charge in [-0.15, -0.1) is 10.2 Å². The van der Waals surface area contributed by atoms with Crippen LogP contribution in [0.2, 0.25) is 0 Å². The Morgan fingerprint density at radius 2 is 2.10 bits per heavy atom. The monoisotopic (exact) mass is 371 g/mol. The van der Waals surface area contributed by atoms with Crippen LogP contribution in [0.25, 0.3) is 0 Å². The van der Waals surface area contributed by atoms with Gasteiger partial charge in [0.15, 0.2) is 4.34 Å². The number of benzene rings is 1. The normalized spacial score (nSPS) is 12.2. The van der Waals surface area contributed by atoms with Crippen LogP contribution >= 0.6 is 39.0 Å². The Balaban J connectivity index is 2.00. The van der Waals surface area contributed by atoms with Crippen LogP contribution in [0.5, 0.6) is 0 Å². The molecule has 0 bridgehead atoms. The molecule has 0 saturated heterocycles. The lowest BCUT2D eigenvalue weighted by Gasteiger charge is -2.13. The molecule has 1 aromatic carbocycles.